The summed E-state index contributed by atoms with van der Waals surface area (Å²) in [6.45, 7) is 9.60. The molecule has 1 aliphatic rings. The molecule has 3 N–H and O–H groups in total. The third-order valence-corrected chi connectivity index (χ3v) is 5.14. The average molecular weight is 389 g/mol. The first-order chi connectivity index (χ1) is 13.4. The fourth-order valence-corrected chi connectivity index (χ4v) is 3.29. The number of rotatable bonds is 8. The Kier molecular flexibility index (Phi) is 8.15. The van der Waals surface area contributed by atoms with Crippen LogP contribution in [0.2, 0.25) is 0 Å². The van der Waals surface area contributed by atoms with Crippen LogP contribution in [-0.2, 0) is 11.3 Å². The van der Waals surface area contributed by atoms with Crippen molar-refractivity contribution in [2.75, 3.05) is 20.1 Å². The lowest BCUT2D eigenvalue weighted by Crippen LogP contribution is -2.47. The summed E-state index contributed by atoms with van der Waals surface area (Å²) in [7, 11) is 1.74. The first-order valence-corrected chi connectivity index (χ1v) is 10.3. The fourth-order valence-electron chi connectivity index (χ4n) is 3.29. The summed E-state index contributed by atoms with van der Waals surface area (Å²) in [5.74, 6) is 1.66. The average Bonchev–Trinajstić information content (AvgIpc) is 3.16. The molecule has 0 atom stereocenters. The second-order valence-corrected chi connectivity index (χ2v) is 8.16. The van der Waals surface area contributed by atoms with Crippen LogP contribution in [0.4, 0.5) is 0 Å². The molecule has 0 spiro atoms. The van der Waals surface area contributed by atoms with E-state index in [2.05, 4.69) is 46.1 Å². The number of carbonyl (C=O) groups is 1. The van der Waals surface area contributed by atoms with E-state index in [4.69, 9.17) is 4.74 Å². The molecule has 0 heterocycles. The molecule has 0 aliphatic heterocycles. The van der Waals surface area contributed by atoms with Crippen molar-refractivity contribution in [1.82, 2.24) is 16.0 Å². The molecule has 1 aromatic carbocycles. The quantitative estimate of drug-likeness (QED) is 0.472. The van der Waals surface area contributed by atoms with E-state index < -0.39 is 5.41 Å². The maximum absolute atomic E-state index is 12.2. The van der Waals surface area contributed by atoms with Gasteiger partial charge in [0, 0.05) is 32.2 Å². The predicted molar refractivity (Wildman–Crippen MR) is 115 cm³/mol. The molecule has 0 radical (unpaired) electrons. The predicted octanol–water partition coefficient (Wildman–Crippen LogP) is 3.14. The number of amides is 1. The maximum Gasteiger partial charge on any atom is 0.227 e. The molecule has 6 nitrogen and oxygen atoms in total. The zero-order chi connectivity index (χ0) is 20.6. The van der Waals surface area contributed by atoms with Gasteiger partial charge in [-0.2, -0.15) is 0 Å². The van der Waals surface area contributed by atoms with E-state index in [-0.39, 0.29) is 5.91 Å². The van der Waals surface area contributed by atoms with E-state index in [1.807, 2.05) is 20.8 Å². The Bertz CT molecular complexity index is 679. The first kappa shape index (κ1) is 22.1. The number of guanidine groups is 1. The number of carbonyl (C=O) groups excluding carboxylic acids is 1. The van der Waals surface area contributed by atoms with Crippen molar-refractivity contribution in [2.24, 2.45) is 10.4 Å². The summed E-state index contributed by atoms with van der Waals surface area (Å²) in [4.78, 5) is 16.4. The van der Waals surface area contributed by atoms with Gasteiger partial charge in [-0.15, -0.1) is 0 Å². The summed E-state index contributed by atoms with van der Waals surface area (Å²) in [6, 6.07) is 6.33. The van der Waals surface area contributed by atoms with Crippen LogP contribution in [-0.4, -0.2) is 38.1 Å². The molecule has 0 saturated heterocycles. The molecule has 0 bridgehead atoms. The number of benzene rings is 1. The van der Waals surface area contributed by atoms with Gasteiger partial charge >= 0.3 is 0 Å². The molecule has 1 aromatic rings. The number of nitrogens with one attached hydrogen (secondary N) is 3. The molecule has 28 heavy (non-hydrogen) atoms. The van der Waals surface area contributed by atoms with Crippen LogP contribution in [0.5, 0.6) is 5.75 Å². The first-order valence-electron chi connectivity index (χ1n) is 10.3. The van der Waals surface area contributed by atoms with E-state index in [1.54, 1.807) is 7.05 Å². The van der Waals surface area contributed by atoms with Gasteiger partial charge in [-0.05, 0) is 65.0 Å². The Morgan fingerprint density at radius 1 is 1.21 bits per heavy atom. The highest BCUT2D eigenvalue weighted by Crippen LogP contribution is 2.27. The van der Waals surface area contributed by atoms with E-state index in [1.165, 1.54) is 18.4 Å². The smallest absolute Gasteiger partial charge is 0.227 e. The number of hydrogen-bond donors (Lipinski definition) is 3. The normalized spacial score (nSPS) is 15.4. The zero-order valence-corrected chi connectivity index (χ0v) is 18.0. The minimum absolute atomic E-state index is 0.0312. The highest BCUT2D eigenvalue weighted by molar-refractivity contribution is 5.84. The van der Waals surface area contributed by atoms with E-state index >= 15 is 0 Å². The lowest BCUT2D eigenvalue weighted by atomic mass is 9.92. The van der Waals surface area contributed by atoms with E-state index in [9.17, 15) is 4.79 Å². The SMILES string of the molecule is CCNC(=O)C(C)(C)CNC(=NC)NCc1ccc(C)cc1OC1CCCC1. The molecule has 0 unspecified atom stereocenters. The maximum atomic E-state index is 12.2. The van der Waals surface area contributed by atoms with Gasteiger partial charge in [-0.1, -0.05) is 12.1 Å². The monoisotopic (exact) mass is 388 g/mol. The number of nitrogens with zero attached hydrogens (tertiary/aromatic N) is 1. The summed E-state index contributed by atoms with van der Waals surface area (Å²) in [5.41, 5.74) is 1.79. The van der Waals surface area contributed by atoms with Crippen LogP contribution in [0.15, 0.2) is 23.2 Å². The Hall–Kier alpha value is -2.24. The third-order valence-electron chi connectivity index (χ3n) is 5.14. The third kappa shape index (κ3) is 6.43. The summed E-state index contributed by atoms with van der Waals surface area (Å²) in [5, 5.41) is 9.48. The van der Waals surface area contributed by atoms with Crippen LogP contribution in [0.25, 0.3) is 0 Å². The molecule has 6 heteroatoms. The molecular weight excluding hydrogens is 352 g/mol. The minimum atomic E-state index is -0.520. The minimum Gasteiger partial charge on any atom is -0.490 e. The molecule has 2 rings (SSSR count). The van der Waals surface area contributed by atoms with Crippen LogP contribution in [0.1, 0.15) is 57.6 Å². The van der Waals surface area contributed by atoms with Gasteiger partial charge < -0.3 is 20.7 Å². The van der Waals surface area contributed by atoms with Gasteiger partial charge in [-0.25, -0.2) is 0 Å². The lowest BCUT2D eigenvalue weighted by Gasteiger charge is -2.25. The Labute approximate surface area is 169 Å². The van der Waals surface area contributed by atoms with E-state index in [0.29, 0.717) is 31.7 Å². The highest BCUT2D eigenvalue weighted by atomic mass is 16.5. The zero-order valence-electron chi connectivity index (χ0n) is 18.0. The van der Waals surface area contributed by atoms with Crippen molar-refractivity contribution < 1.29 is 9.53 Å². The summed E-state index contributed by atoms with van der Waals surface area (Å²) >= 11 is 0. The van der Waals surface area contributed by atoms with Gasteiger partial charge in [-0.3, -0.25) is 9.79 Å². The molecular formula is C22H36N4O2. The number of hydrogen-bond acceptors (Lipinski definition) is 3. The molecule has 0 aromatic heterocycles. The molecule has 1 aliphatic carbocycles. The lowest BCUT2D eigenvalue weighted by molar-refractivity contribution is -0.128. The number of ether oxygens (including phenoxy) is 1. The highest BCUT2D eigenvalue weighted by Gasteiger charge is 2.27. The van der Waals surface area contributed by atoms with Gasteiger partial charge in [0.15, 0.2) is 5.96 Å². The van der Waals surface area contributed by atoms with Crippen molar-refractivity contribution in [2.45, 2.75) is 66.0 Å². The van der Waals surface area contributed by atoms with Crippen molar-refractivity contribution in [3.05, 3.63) is 29.3 Å². The Morgan fingerprint density at radius 3 is 2.57 bits per heavy atom. The fraction of sp³-hybridized carbons (Fsp3) is 0.636. The Morgan fingerprint density at radius 2 is 1.93 bits per heavy atom. The standard InChI is InChI=1S/C22H36N4O2/c1-6-24-20(27)22(3,4)15-26-21(23-5)25-14-17-12-11-16(2)13-19(17)28-18-9-7-8-10-18/h11-13,18H,6-10,14-15H2,1-5H3,(H,24,27)(H2,23,25,26). The number of aliphatic imine (C=N–C) groups is 1. The second kappa shape index (κ2) is 10.3. The topological polar surface area (TPSA) is 74.8 Å². The van der Waals surface area contributed by atoms with Crippen molar-refractivity contribution in [1.29, 1.82) is 0 Å². The van der Waals surface area contributed by atoms with Gasteiger partial charge in [0.05, 0.1) is 11.5 Å². The molecule has 156 valence electrons. The second-order valence-electron chi connectivity index (χ2n) is 8.16. The van der Waals surface area contributed by atoms with Crippen LogP contribution in [0.3, 0.4) is 0 Å². The van der Waals surface area contributed by atoms with Crippen LogP contribution in [0, 0.1) is 12.3 Å². The molecule has 1 saturated carbocycles. The van der Waals surface area contributed by atoms with Crippen LogP contribution >= 0.6 is 0 Å². The summed E-state index contributed by atoms with van der Waals surface area (Å²) < 4.78 is 6.27. The van der Waals surface area contributed by atoms with Gasteiger partial charge in [0.2, 0.25) is 5.91 Å². The molecule has 1 fully saturated rings. The molecule has 1 amide bonds. The number of aryl methyl sites for hydroxylation is 1. The largest absolute Gasteiger partial charge is 0.490 e. The van der Waals surface area contributed by atoms with Gasteiger partial charge in [0.25, 0.3) is 0 Å². The van der Waals surface area contributed by atoms with Crippen molar-refractivity contribution in [3.8, 4) is 5.75 Å². The van der Waals surface area contributed by atoms with Gasteiger partial charge in [0.1, 0.15) is 5.75 Å². The summed E-state index contributed by atoms with van der Waals surface area (Å²) in [6.07, 6.45) is 5.11. The van der Waals surface area contributed by atoms with Crippen molar-refractivity contribution in [3.63, 3.8) is 0 Å². The van der Waals surface area contributed by atoms with Crippen LogP contribution < -0.4 is 20.7 Å². The van der Waals surface area contributed by atoms with E-state index in [0.717, 1.165) is 24.2 Å². The van der Waals surface area contributed by atoms with Crippen molar-refractivity contribution >= 4 is 11.9 Å². The Balaban J connectivity index is 1.95.